The fourth-order valence-electron chi connectivity index (χ4n) is 3.30. The molecule has 1 unspecified atom stereocenters. The van der Waals surface area contributed by atoms with Crippen molar-refractivity contribution in [2.75, 3.05) is 0 Å². The van der Waals surface area contributed by atoms with Crippen LogP contribution in [-0.2, 0) is 15.6 Å². The third-order valence-corrected chi connectivity index (χ3v) is 8.38. The van der Waals surface area contributed by atoms with Crippen molar-refractivity contribution in [3.63, 3.8) is 0 Å². The van der Waals surface area contributed by atoms with Gasteiger partial charge in [-0.2, -0.15) is 8.78 Å². The lowest BCUT2D eigenvalue weighted by Gasteiger charge is -2.29. The van der Waals surface area contributed by atoms with Gasteiger partial charge in [0.15, 0.2) is 9.84 Å². The molecule has 1 atom stereocenters. The van der Waals surface area contributed by atoms with E-state index in [0.717, 1.165) is 12.1 Å². The molecule has 1 aliphatic heterocycles. The fourth-order valence-corrected chi connectivity index (χ4v) is 6.90. The van der Waals surface area contributed by atoms with Crippen molar-refractivity contribution >= 4 is 39.1 Å². The van der Waals surface area contributed by atoms with E-state index in [1.54, 1.807) is 12.1 Å². The number of aromatic nitrogens is 1. The molecule has 34 heavy (non-hydrogen) atoms. The maximum atomic E-state index is 15.0. The zero-order chi connectivity index (χ0) is 25.1. The van der Waals surface area contributed by atoms with E-state index in [-0.39, 0.29) is 21.3 Å². The Kier molecular flexibility index (Phi) is 7.95. The average molecular weight is 529 g/mol. The van der Waals surface area contributed by atoms with Gasteiger partial charge >= 0.3 is 0 Å². The standard InChI is InChI=1S/C23H20ClF3N2O3S2/c1-3-9-23(26,27)20-14(2)11-19(29-21(30)18-6-4-5-10-28-18)33-22(20)34(31,32)13-15-7-8-16(24)12-17(15)25/h3-12,14H,13H2,1-2H3,(H,29,30). The summed E-state index contributed by atoms with van der Waals surface area (Å²) >= 11 is 6.21. The Hall–Kier alpha value is -2.56. The highest BCUT2D eigenvalue weighted by atomic mass is 35.5. The van der Waals surface area contributed by atoms with Gasteiger partial charge in [0.1, 0.15) is 15.7 Å². The van der Waals surface area contributed by atoms with E-state index in [1.165, 1.54) is 44.3 Å². The van der Waals surface area contributed by atoms with Gasteiger partial charge in [-0.1, -0.05) is 48.5 Å². The number of rotatable bonds is 7. The Morgan fingerprint density at radius 2 is 2.03 bits per heavy atom. The molecular formula is C23H20ClF3N2O3S2. The fraction of sp³-hybridized carbons (Fsp3) is 0.217. The number of thioether (sulfide) groups is 1. The molecule has 0 saturated carbocycles. The van der Waals surface area contributed by atoms with Gasteiger partial charge in [0.25, 0.3) is 11.8 Å². The van der Waals surface area contributed by atoms with Gasteiger partial charge in [-0.05, 0) is 43.3 Å². The Morgan fingerprint density at radius 1 is 1.29 bits per heavy atom. The maximum absolute atomic E-state index is 15.0. The Labute approximate surface area is 204 Å². The lowest BCUT2D eigenvalue weighted by Crippen LogP contribution is -2.30. The minimum atomic E-state index is -4.45. The second-order valence-electron chi connectivity index (χ2n) is 7.41. The number of carbonyl (C=O) groups is 1. The van der Waals surface area contributed by atoms with E-state index in [9.17, 15) is 17.6 Å². The quantitative estimate of drug-likeness (QED) is 0.455. The van der Waals surface area contributed by atoms with Crippen molar-refractivity contribution in [1.82, 2.24) is 10.3 Å². The summed E-state index contributed by atoms with van der Waals surface area (Å²) in [6.07, 6.45) is 4.48. The minimum absolute atomic E-state index is 0.0540. The van der Waals surface area contributed by atoms with E-state index < -0.39 is 49.0 Å². The number of pyridine rings is 1. The van der Waals surface area contributed by atoms with Crippen molar-refractivity contribution < 1.29 is 26.4 Å². The molecule has 1 N–H and O–H groups in total. The molecule has 0 saturated heterocycles. The number of hydrogen-bond acceptors (Lipinski definition) is 5. The van der Waals surface area contributed by atoms with Crippen LogP contribution in [0.1, 0.15) is 29.9 Å². The molecule has 0 spiro atoms. The number of allylic oxidation sites excluding steroid dienone is 4. The smallest absolute Gasteiger partial charge is 0.290 e. The van der Waals surface area contributed by atoms with Gasteiger partial charge in [0.2, 0.25) is 0 Å². The first-order valence-electron chi connectivity index (χ1n) is 9.99. The van der Waals surface area contributed by atoms with Crippen LogP contribution in [0, 0.1) is 11.7 Å². The van der Waals surface area contributed by atoms with Crippen molar-refractivity contribution in [3.05, 3.63) is 97.8 Å². The van der Waals surface area contributed by atoms with Gasteiger partial charge in [0, 0.05) is 28.3 Å². The van der Waals surface area contributed by atoms with Crippen LogP contribution in [0.2, 0.25) is 5.02 Å². The molecule has 0 bridgehead atoms. The molecular weight excluding hydrogens is 509 g/mol. The number of halogens is 4. The van der Waals surface area contributed by atoms with Crippen molar-refractivity contribution in [2.45, 2.75) is 25.5 Å². The molecule has 0 radical (unpaired) electrons. The van der Waals surface area contributed by atoms with Gasteiger partial charge < -0.3 is 5.32 Å². The highest BCUT2D eigenvalue weighted by Gasteiger charge is 2.43. The van der Waals surface area contributed by atoms with Crippen LogP contribution in [0.25, 0.3) is 0 Å². The number of nitrogens with zero attached hydrogens (tertiary/aromatic N) is 1. The number of hydrogen-bond donors (Lipinski definition) is 1. The van der Waals surface area contributed by atoms with Gasteiger partial charge in [-0.25, -0.2) is 12.8 Å². The second-order valence-corrected chi connectivity index (χ2v) is 11.1. The van der Waals surface area contributed by atoms with E-state index in [0.29, 0.717) is 17.8 Å². The first-order chi connectivity index (χ1) is 15.9. The number of sulfone groups is 1. The second kappa shape index (κ2) is 10.4. The lowest BCUT2D eigenvalue weighted by atomic mass is 9.96. The zero-order valence-electron chi connectivity index (χ0n) is 18.1. The predicted octanol–water partition coefficient (Wildman–Crippen LogP) is 5.87. The first-order valence-corrected chi connectivity index (χ1v) is 12.8. The molecule has 2 heterocycles. The lowest BCUT2D eigenvalue weighted by molar-refractivity contribution is 0.0885. The third kappa shape index (κ3) is 5.92. The van der Waals surface area contributed by atoms with Crippen LogP contribution in [0.4, 0.5) is 13.2 Å². The van der Waals surface area contributed by atoms with Gasteiger partial charge in [0.05, 0.1) is 10.8 Å². The predicted molar refractivity (Wildman–Crippen MR) is 127 cm³/mol. The molecule has 3 rings (SSSR count). The van der Waals surface area contributed by atoms with Crippen molar-refractivity contribution in [1.29, 1.82) is 0 Å². The largest absolute Gasteiger partial charge is 0.315 e. The molecule has 1 aromatic heterocycles. The van der Waals surface area contributed by atoms with Crippen LogP contribution < -0.4 is 5.32 Å². The summed E-state index contributed by atoms with van der Waals surface area (Å²) in [7, 11) is -4.45. The van der Waals surface area contributed by atoms with Gasteiger partial charge in [-0.15, -0.1) is 0 Å². The van der Waals surface area contributed by atoms with Crippen LogP contribution in [0.15, 0.2) is 75.7 Å². The molecule has 2 aromatic rings. The number of nitrogens with one attached hydrogen (secondary N) is 1. The Balaban J connectivity index is 2.02. The van der Waals surface area contributed by atoms with E-state index >= 15 is 8.78 Å². The summed E-state index contributed by atoms with van der Waals surface area (Å²) in [5.41, 5.74) is -0.799. The summed E-state index contributed by atoms with van der Waals surface area (Å²) in [6.45, 7) is 2.79. The summed E-state index contributed by atoms with van der Waals surface area (Å²) < 4.78 is 70.3. The number of carbonyl (C=O) groups excluding carboxylic acids is 1. The average Bonchev–Trinajstić information content (AvgIpc) is 2.75. The minimum Gasteiger partial charge on any atom is -0.315 e. The highest BCUT2D eigenvalue weighted by molar-refractivity contribution is 8.20. The normalized spacial score (nSPS) is 17.1. The maximum Gasteiger partial charge on any atom is 0.290 e. The van der Waals surface area contributed by atoms with Crippen LogP contribution >= 0.6 is 23.4 Å². The third-order valence-electron chi connectivity index (χ3n) is 4.79. The van der Waals surface area contributed by atoms with Crippen LogP contribution in [-0.4, -0.2) is 25.2 Å². The zero-order valence-corrected chi connectivity index (χ0v) is 20.4. The molecule has 5 nitrogen and oxygen atoms in total. The molecule has 0 fully saturated rings. The van der Waals surface area contributed by atoms with Crippen molar-refractivity contribution in [2.24, 2.45) is 5.92 Å². The van der Waals surface area contributed by atoms with Crippen LogP contribution in [0.3, 0.4) is 0 Å². The van der Waals surface area contributed by atoms with E-state index in [2.05, 4.69) is 10.3 Å². The molecule has 0 aliphatic carbocycles. The molecule has 1 aromatic carbocycles. The number of amides is 1. The van der Waals surface area contributed by atoms with E-state index in [1.807, 2.05) is 0 Å². The Morgan fingerprint density at radius 3 is 2.65 bits per heavy atom. The topological polar surface area (TPSA) is 76.1 Å². The summed E-state index contributed by atoms with van der Waals surface area (Å²) in [5.74, 6) is -6.99. The molecule has 11 heteroatoms. The molecule has 1 amide bonds. The SMILES string of the molecule is CC=CC(F)(F)C1=C(S(=O)(=O)Cc2ccc(Cl)cc2F)SC(NC(=O)c2ccccn2)=CC1C. The molecule has 1 aliphatic rings. The van der Waals surface area contributed by atoms with E-state index in [4.69, 9.17) is 11.6 Å². The van der Waals surface area contributed by atoms with Crippen molar-refractivity contribution in [3.8, 4) is 0 Å². The molecule has 180 valence electrons. The summed E-state index contributed by atoms with van der Waals surface area (Å²) in [6, 6.07) is 8.12. The van der Waals surface area contributed by atoms with Crippen LogP contribution in [0.5, 0.6) is 0 Å². The highest BCUT2D eigenvalue weighted by Crippen LogP contribution is 2.47. The number of benzene rings is 1. The monoisotopic (exact) mass is 528 g/mol. The first kappa shape index (κ1) is 26.1. The Bertz CT molecular complexity index is 1290. The number of alkyl halides is 2. The summed E-state index contributed by atoms with van der Waals surface area (Å²) in [4.78, 5) is 16.4. The van der Waals surface area contributed by atoms with Gasteiger partial charge in [-0.3, -0.25) is 9.78 Å². The summed E-state index contributed by atoms with van der Waals surface area (Å²) in [5, 5.41) is 2.65.